The molecule has 1 fully saturated rings. The summed E-state index contributed by atoms with van der Waals surface area (Å²) in [6, 6.07) is 4.22. The molecular weight excluding hydrogens is 298 g/mol. The molecule has 0 aliphatic carbocycles. The van der Waals surface area contributed by atoms with Crippen LogP contribution in [-0.4, -0.2) is 65.6 Å². The Morgan fingerprint density at radius 1 is 1.39 bits per heavy atom. The average molecular weight is 321 g/mol. The minimum absolute atomic E-state index is 0.000481. The van der Waals surface area contributed by atoms with Gasteiger partial charge in [-0.3, -0.25) is 9.59 Å². The van der Waals surface area contributed by atoms with Crippen molar-refractivity contribution >= 4 is 11.8 Å². The Hall–Kier alpha value is -2.28. The summed E-state index contributed by atoms with van der Waals surface area (Å²) in [6.07, 6.45) is 0.223. The quantitative estimate of drug-likeness (QED) is 0.692. The van der Waals surface area contributed by atoms with Crippen molar-refractivity contribution in [1.82, 2.24) is 15.1 Å². The van der Waals surface area contributed by atoms with E-state index < -0.39 is 0 Å². The predicted octanol–water partition coefficient (Wildman–Crippen LogP) is 0.124. The number of amides is 2. The van der Waals surface area contributed by atoms with Crippen LogP contribution in [0.2, 0.25) is 0 Å². The molecule has 1 saturated heterocycles. The highest BCUT2D eigenvalue weighted by Gasteiger charge is 2.33. The summed E-state index contributed by atoms with van der Waals surface area (Å²) in [5, 5.41) is 21.7. The number of carbonyl (C=O) groups excluding carboxylic acids is 2. The highest BCUT2D eigenvalue weighted by molar-refractivity contribution is 5.89. The zero-order valence-corrected chi connectivity index (χ0v) is 13.5. The largest absolute Gasteiger partial charge is 0.508 e. The first-order valence-electron chi connectivity index (χ1n) is 7.58. The van der Waals surface area contributed by atoms with Crippen molar-refractivity contribution in [3.8, 4) is 11.5 Å². The number of hydrogen-bond donors (Lipinski definition) is 3. The number of rotatable bonds is 6. The van der Waals surface area contributed by atoms with E-state index in [1.807, 2.05) is 19.0 Å². The van der Waals surface area contributed by atoms with E-state index in [2.05, 4.69) is 5.32 Å². The molecule has 2 rings (SSSR count). The second-order valence-electron chi connectivity index (χ2n) is 6.07. The van der Waals surface area contributed by atoms with Gasteiger partial charge in [-0.1, -0.05) is 0 Å². The summed E-state index contributed by atoms with van der Waals surface area (Å²) >= 11 is 0. The number of carbonyl (C=O) groups is 2. The maximum Gasteiger partial charge on any atom is 0.225 e. The van der Waals surface area contributed by atoms with Gasteiger partial charge in [-0.2, -0.15) is 0 Å². The van der Waals surface area contributed by atoms with E-state index in [1.165, 1.54) is 12.1 Å². The van der Waals surface area contributed by atoms with Crippen LogP contribution in [0.25, 0.3) is 0 Å². The number of aromatic hydroxyl groups is 2. The number of benzene rings is 1. The van der Waals surface area contributed by atoms with Gasteiger partial charge in [-0.25, -0.2) is 0 Å². The van der Waals surface area contributed by atoms with Crippen molar-refractivity contribution in [2.45, 2.75) is 13.0 Å². The van der Waals surface area contributed by atoms with Gasteiger partial charge < -0.3 is 25.3 Å². The maximum absolute atomic E-state index is 12.2. The highest BCUT2D eigenvalue weighted by Crippen LogP contribution is 2.23. The standard InChI is InChI=1S/C16H23N3O4/c1-18(2)5-6-19-10-12(7-15(19)22)16(23)17-9-11-3-4-13(20)8-14(11)21/h3-4,8,12,20-21H,5-7,9-10H2,1-2H3,(H,17,23)/t12-/m0/s1. The normalized spacial score (nSPS) is 17.8. The van der Waals surface area contributed by atoms with Gasteiger partial charge in [0.15, 0.2) is 0 Å². The first-order valence-corrected chi connectivity index (χ1v) is 7.58. The number of hydrogen-bond acceptors (Lipinski definition) is 5. The van der Waals surface area contributed by atoms with Crippen molar-refractivity contribution < 1.29 is 19.8 Å². The van der Waals surface area contributed by atoms with Crippen LogP contribution in [0.5, 0.6) is 11.5 Å². The van der Waals surface area contributed by atoms with Gasteiger partial charge in [0.25, 0.3) is 0 Å². The molecule has 0 spiro atoms. The molecular formula is C16H23N3O4. The lowest BCUT2D eigenvalue weighted by Gasteiger charge is -2.19. The smallest absolute Gasteiger partial charge is 0.225 e. The fourth-order valence-corrected chi connectivity index (χ4v) is 2.51. The fraction of sp³-hybridized carbons (Fsp3) is 0.500. The van der Waals surface area contributed by atoms with Crippen LogP contribution >= 0.6 is 0 Å². The van der Waals surface area contributed by atoms with Gasteiger partial charge in [0.05, 0.1) is 5.92 Å². The van der Waals surface area contributed by atoms with Gasteiger partial charge in [0.2, 0.25) is 11.8 Å². The van der Waals surface area contributed by atoms with Gasteiger partial charge >= 0.3 is 0 Å². The summed E-state index contributed by atoms with van der Waals surface area (Å²) < 4.78 is 0. The van der Waals surface area contributed by atoms with Crippen LogP contribution < -0.4 is 5.32 Å². The van der Waals surface area contributed by atoms with Crippen molar-refractivity contribution in [2.24, 2.45) is 5.92 Å². The number of nitrogens with zero attached hydrogens (tertiary/aromatic N) is 2. The Kier molecular flexibility index (Phi) is 5.44. The van der Waals surface area contributed by atoms with Crippen LogP contribution in [-0.2, 0) is 16.1 Å². The van der Waals surface area contributed by atoms with E-state index in [0.29, 0.717) is 18.7 Å². The summed E-state index contributed by atoms with van der Waals surface area (Å²) in [6.45, 7) is 1.98. The third-order valence-corrected chi connectivity index (χ3v) is 3.92. The summed E-state index contributed by atoms with van der Waals surface area (Å²) in [4.78, 5) is 27.8. The Labute approximate surface area is 135 Å². The second kappa shape index (κ2) is 7.32. The molecule has 3 N–H and O–H groups in total. The first-order chi connectivity index (χ1) is 10.9. The molecule has 1 aliphatic heterocycles. The van der Waals surface area contributed by atoms with E-state index in [9.17, 15) is 19.8 Å². The van der Waals surface area contributed by atoms with E-state index in [4.69, 9.17) is 0 Å². The molecule has 0 radical (unpaired) electrons. The third-order valence-electron chi connectivity index (χ3n) is 3.92. The highest BCUT2D eigenvalue weighted by atomic mass is 16.3. The minimum atomic E-state index is -0.357. The van der Waals surface area contributed by atoms with Gasteiger partial charge in [-0.15, -0.1) is 0 Å². The summed E-state index contributed by atoms with van der Waals surface area (Å²) in [5.74, 6) is -0.655. The zero-order chi connectivity index (χ0) is 17.0. The number of likely N-dealkylation sites (tertiary alicyclic amines) is 1. The molecule has 126 valence electrons. The van der Waals surface area contributed by atoms with E-state index >= 15 is 0 Å². The first kappa shape index (κ1) is 17.1. The topological polar surface area (TPSA) is 93.1 Å². The molecule has 7 heteroatoms. The molecule has 2 amide bonds. The van der Waals surface area contributed by atoms with Gasteiger partial charge in [-0.05, 0) is 26.2 Å². The average Bonchev–Trinajstić information content (AvgIpc) is 2.85. The number of likely N-dealkylation sites (N-methyl/N-ethyl adjacent to an activating group) is 1. The van der Waals surface area contributed by atoms with Crippen LogP contribution in [0.15, 0.2) is 18.2 Å². The molecule has 0 aromatic heterocycles. The molecule has 1 aromatic carbocycles. The Bertz CT molecular complexity index is 589. The fourth-order valence-electron chi connectivity index (χ4n) is 2.51. The lowest BCUT2D eigenvalue weighted by molar-refractivity contribution is -0.129. The predicted molar refractivity (Wildman–Crippen MR) is 84.9 cm³/mol. The van der Waals surface area contributed by atoms with Crippen LogP contribution in [0.1, 0.15) is 12.0 Å². The van der Waals surface area contributed by atoms with E-state index in [1.54, 1.807) is 11.0 Å². The molecule has 7 nitrogen and oxygen atoms in total. The molecule has 1 aromatic rings. The lowest BCUT2D eigenvalue weighted by Crippen LogP contribution is -2.35. The number of nitrogens with one attached hydrogen (secondary N) is 1. The monoisotopic (exact) mass is 321 g/mol. The van der Waals surface area contributed by atoms with Crippen LogP contribution in [0.4, 0.5) is 0 Å². The second-order valence-corrected chi connectivity index (χ2v) is 6.07. The molecule has 23 heavy (non-hydrogen) atoms. The Morgan fingerprint density at radius 3 is 2.78 bits per heavy atom. The van der Waals surface area contributed by atoms with E-state index in [0.717, 1.165) is 6.54 Å². The lowest BCUT2D eigenvalue weighted by atomic mass is 10.1. The Balaban J connectivity index is 1.85. The third kappa shape index (κ3) is 4.59. The maximum atomic E-state index is 12.2. The minimum Gasteiger partial charge on any atom is -0.508 e. The summed E-state index contributed by atoms with van der Waals surface area (Å²) in [7, 11) is 3.88. The summed E-state index contributed by atoms with van der Waals surface area (Å²) in [5.41, 5.74) is 0.518. The zero-order valence-electron chi connectivity index (χ0n) is 13.5. The molecule has 0 saturated carbocycles. The molecule has 0 unspecified atom stereocenters. The Morgan fingerprint density at radius 2 is 2.13 bits per heavy atom. The van der Waals surface area contributed by atoms with Gasteiger partial charge in [0.1, 0.15) is 11.5 Å². The van der Waals surface area contributed by atoms with Crippen LogP contribution in [0.3, 0.4) is 0 Å². The number of phenols is 2. The molecule has 1 aliphatic rings. The van der Waals surface area contributed by atoms with Crippen molar-refractivity contribution in [3.05, 3.63) is 23.8 Å². The number of phenolic OH excluding ortho intramolecular Hbond substituents is 2. The van der Waals surface area contributed by atoms with Crippen molar-refractivity contribution in [3.63, 3.8) is 0 Å². The molecule has 1 heterocycles. The van der Waals surface area contributed by atoms with Crippen molar-refractivity contribution in [2.75, 3.05) is 33.7 Å². The van der Waals surface area contributed by atoms with Gasteiger partial charge in [0, 0.05) is 44.2 Å². The van der Waals surface area contributed by atoms with Crippen molar-refractivity contribution in [1.29, 1.82) is 0 Å². The van der Waals surface area contributed by atoms with Crippen LogP contribution in [0, 0.1) is 5.92 Å². The van der Waals surface area contributed by atoms with E-state index in [-0.39, 0.29) is 42.2 Å². The SMILES string of the molecule is CN(C)CCN1C[C@@H](C(=O)NCc2ccc(O)cc2O)CC1=O. The molecule has 0 bridgehead atoms. The molecule has 1 atom stereocenters.